The molecule has 1 amide bonds. The molecule has 0 saturated carbocycles. The Balaban J connectivity index is 1.62. The molecule has 9 heteroatoms. The highest BCUT2D eigenvalue weighted by atomic mass is 35.5. The van der Waals surface area contributed by atoms with Gasteiger partial charge in [0.25, 0.3) is 0 Å². The molecular formula is C18H25Cl2N3O3S. The number of hydrogen-bond donors (Lipinski definition) is 1. The van der Waals surface area contributed by atoms with E-state index in [-0.39, 0.29) is 26.8 Å². The third kappa shape index (κ3) is 5.57. The van der Waals surface area contributed by atoms with E-state index in [4.69, 9.17) is 23.2 Å². The summed E-state index contributed by atoms with van der Waals surface area (Å²) in [6.45, 7) is 2.54. The monoisotopic (exact) mass is 433 g/mol. The van der Waals surface area contributed by atoms with Gasteiger partial charge in [-0.3, -0.25) is 10.2 Å². The smallest absolute Gasteiger partial charge is 0.243 e. The molecule has 2 aliphatic rings. The number of carbonyl (C=O) groups is 1. The fraction of sp³-hybridized carbons (Fsp3) is 0.611. The fourth-order valence-electron chi connectivity index (χ4n) is 3.73. The summed E-state index contributed by atoms with van der Waals surface area (Å²) >= 11 is 11.9. The highest BCUT2D eigenvalue weighted by molar-refractivity contribution is 7.89. The number of benzene rings is 1. The van der Waals surface area contributed by atoms with Crippen molar-refractivity contribution in [2.45, 2.75) is 43.4 Å². The molecule has 3 rings (SSSR count). The van der Waals surface area contributed by atoms with Crippen molar-refractivity contribution in [2.24, 2.45) is 5.92 Å². The van der Waals surface area contributed by atoms with E-state index in [0.717, 1.165) is 38.8 Å². The third-order valence-corrected chi connectivity index (χ3v) is 7.35. The second kappa shape index (κ2) is 9.09. The standard InChI is InChI=1S/C18H25Cl2N3O3S/c19-15-10-16(20)12-17(11-15)27(25,26)23-8-4-5-14(13-23)9-18(24)21-22-6-2-1-3-7-22/h10-12,14H,1-9,13H2,(H,21,24). The van der Waals surface area contributed by atoms with Gasteiger partial charge in [0.05, 0.1) is 4.90 Å². The van der Waals surface area contributed by atoms with Crippen molar-refractivity contribution in [1.82, 2.24) is 14.7 Å². The number of piperidine rings is 2. The molecule has 2 fully saturated rings. The predicted octanol–water partition coefficient (Wildman–Crippen LogP) is 3.30. The maximum atomic E-state index is 12.9. The first-order valence-electron chi connectivity index (χ1n) is 9.35. The van der Waals surface area contributed by atoms with E-state index < -0.39 is 10.0 Å². The molecule has 2 saturated heterocycles. The van der Waals surface area contributed by atoms with Crippen molar-refractivity contribution < 1.29 is 13.2 Å². The molecule has 2 heterocycles. The zero-order valence-corrected chi connectivity index (χ0v) is 17.5. The number of hydrazine groups is 1. The number of rotatable bonds is 5. The lowest BCUT2D eigenvalue weighted by Crippen LogP contribution is -2.47. The third-order valence-electron chi connectivity index (χ3n) is 5.07. The van der Waals surface area contributed by atoms with Gasteiger partial charge in [-0.15, -0.1) is 0 Å². The first kappa shape index (κ1) is 20.9. The summed E-state index contributed by atoms with van der Waals surface area (Å²) in [5.41, 5.74) is 2.96. The minimum Gasteiger partial charge on any atom is -0.289 e. The summed E-state index contributed by atoms with van der Waals surface area (Å²) in [5.74, 6) is -0.0279. The molecule has 0 bridgehead atoms. The molecule has 6 nitrogen and oxygen atoms in total. The maximum absolute atomic E-state index is 12.9. The Labute approximate surface area is 170 Å². The van der Waals surface area contributed by atoms with E-state index in [1.807, 2.05) is 5.01 Å². The summed E-state index contributed by atoms with van der Waals surface area (Å²) in [6, 6.07) is 4.33. The van der Waals surface area contributed by atoms with Crippen LogP contribution < -0.4 is 5.43 Å². The van der Waals surface area contributed by atoms with Gasteiger partial charge in [0.1, 0.15) is 0 Å². The number of nitrogens with one attached hydrogen (secondary N) is 1. The molecule has 1 aromatic carbocycles. The largest absolute Gasteiger partial charge is 0.289 e. The van der Waals surface area contributed by atoms with Crippen LogP contribution in [-0.2, 0) is 14.8 Å². The highest BCUT2D eigenvalue weighted by Crippen LogP contribution is 2.29. The van der Waals surface area contributed by atoms with Crippen molar-refractivity contribution in [3.8, 4) is 0 Å². The summed E-state index contributed by atoms with van der Waals surface area (Å²) in [5, 5.41) is 2.54. The molecule has 27 heavy (non-hydrogen) atoms. The number of carbonyl (C=O) groups excluding carboxylic acids is 1. The second-order valence-corrected chi connectivity index (χ2v) is 10.1. The number of nitrogens with zero attached hydrogens (tertiary/aromatic N) is 2. The average molecular weight is 434 g/mol. The van der Waals surface area contributed by atoms with E-state index >= 15 is 0 Å². The molecule has 0 radical (unpaired) electrons. The Morgan fingerprint density at radius 2 is 1.70 bits per heavy atom. The van der Waals surface area contributed by atoms with E-state index in [0.29, 0.717) is 19.5 Å². The number of halogens is 2. The molecule has 0 aliphatic carbocycles. The lowest BCUT2D eigenvalue weighted by atomic mass is 9.96. The fourth-order valence-corrected chi connectivity index (χ4v) is 6.01. The molecule has 1 N–H and O–H groups in total. The topological polar surface area (TPSA) is 69.7 Å². The Hall–Kier alpha value is -0.860. The minimum absolute atomic E-state index is 0.00738. The van der Waals surface area contributed by atoms with Gasteiger partial charge in [-0.05, 0) is 49.8 Å². The van der Waals surface area contributed by atoms with Crippen LogP contribution >= 0.6 is 23.2 Å². The Bertz CT molecular complexity index is 762. The summed E-state index contributed by atoms with van der Waals surface area (Å²) in [4.78, 5) is 12.4. The number of sulfonamides is 1. The first-order valence-corrected chi connectivity index (χ1v) is 11.5. The number of amides is 1. The van der Waals surface area contributed by atoms with Crippen molar-refractivity contribution in [2.75, 3.05) is 26.2 Å². The van der Waals surface area contributed by atoms with Crippen molar-refractivity contribution in [3.05, 3.63) is 28.2 Å². The van der Waals surface area contributed by atoms with Gasteiger partial charge in [0.15, 0.2) is 0 Å². The van der Waals surface area contributed by atoms with Crippen LogP contribution in [-0.4, -0.2) is 49.8 Å². The molecular weight excluding hydrogens is 409 g/mol. The van der Waals surface area contributed by atoms with E-state index in [1.54, 1.807) is 0 Å². The summed E-state index contributed by atoms with van der Waals surface area (Å²) in [7, 11) is -3.68. The van der Waals surface area contributed by atoms with Crippen LogP contribution in [0.2, 0.25) is 10.0 Å². The number of hydrogen-bond acceptors (Lipinski definition) is 4. The molecule has 0 aromatic heterocycles. The normalized spacial score (nSPS) is 22.5. The Morgan fingerprint density at radius 1 is 1.04 bits per heavy atom. The first-order chi connectivity index (χ1) is 12.8. The molecule has 150 valence electrons. The predicted molar refractivity (Wildman–Crippen MR) is 106 cm³/mol. The van der Waals surface area contributed by atoms with Crippen LogP contribution in [0.4, 0.5) is 0 Å². The van der Waals surface area contributed by atoms with Crippen molar-refractivity contribution >= 4 is 39.1 Å². The molecule has 0 spiro atoms. The summed E-state index contributed by atoms with van der Waals surface area (Å²) in [6.07, 6.45) is 5.30. The van der Waals surface area contributed by atoms with Crippen LogP contribution in [0.25, 0.3) is 0 Å². The lowest BCUT2D eigenvalue weighted by Gasteiger charge is -2.32. The van der Waals surface area contributed by atoms with Gasteiger partial charge in [-0.2, -0.15) is 4.31 Å². The lowest BCUT2D eigenvalue weighted by molar-refractivity contribution is -0.127. The van der Waals surface area contributed by atoms with E-state index in [9.17, 15) is 13.2 Å². The highest BCUT2D eigenvalue weighted by Gasteiger charge is 2.31. The molecule has 2 aliphatic heterocycles. The molecule has 1 unspecified atom stereocenters. The van der Waals surface area contributed by atoms with Crippen LogP contribution in [0.1, 0.15) is 38.5 Å². The zero-order chi connectivity index (χ0) is 19.4. The average Bonchev–Trinajstić information content (AvgIpc) is 2.62. The van der Waals surface area contributed by atoms with E-state index in [1.165, 1.54) is 28.9 Å². The zero-order valence-electron chi connectivity index (χ0n) is 15.2. The van der Waals surface area contributed by atoms with Crippen LogP contribution in [0.5, 0.6) is 0 Å². The van der Waals surface area contributed by atoms with Gasteiger partial charge in [0, 0.05) is 42.6 Å². The van der Waals surface area contributed by atoms with Gasteiger partial charge in [-0.25, -0.2) is 13.4 Å². The van der Waals surface area contributed by atoms with Gasteiger partial charge >= 0.3 is 0 Å². The van der Waals surface area contributed by atoms with E-state index in [2.05, 4.69) is 5.43 Å². The van der Waals surface area contributed by atoms with Crippen LogP contribution in [0.15, 0.2) is 23.1 Å². The quantitative estimate of drug-likeness (QED) is 0.772. The Morgan fingerprint density at radius 3 is 2.37 bits per heavy atom. The Kier molecular flexibility index (Phi) is 7.03. The second-order valence-electron chi connectivity index (χ2n) is 7.26. The molecule has 1 atom stereocenters. The van der Waals surface area contributed by atoms with Gasteiger partial charge in [0.2, 0.25) is 15.9 Å². The van der Waals surface area contributed by atoms with Crippen molar-refractivity contribution in [3.63, 3.8) is 0 Å². The van der Waals surface area contributed by atoms with Crippen molar-refractivity contribution in [1.29, 1.82) is 0 Å². The van der Waals surface area contributed by atoms with Crippen LogP contribution in [0.3, 0.4) is 0 Å². The maximum Gasteiger partial charge on any atom is 0.243 e. The SMILES string of the molecule is O=C(CC1CCCN(S(=O)(=O)c2cc(Cl)cc(Cl)c2)C1)NN1CCCCC1. The minimum atomic E-state index is -3.68. The van der Waals surface area contributed by atoms with Gasteiger partial charge in [-0.1, -0.05) is 29.6 Å². The van der Waals surface area contributed by atoms with Gasteiger partial charge < -0.3 is 0 Å². The molecule has 1 aromatic rings. The summed E-state index contributed by atoms with van der Waals surface area (Å²) < 4.78 is 27.3. The van der Waals surface area contributed by atoms with Crippen LogP contribution in [0, 0.1) is 5.92 Å².